The van der Waals surface area contributed by atoms with Gasteiger partial charge in [-0.25, -0.2) is 0 Å². The number of nitrogens with zero attached hydrogens (tertiary/aromatic N) is 5. The van der Waals surface area contributed by atoms with Gasteiger partial charge in [0.05, 0.1) is 4.92 Å². The summed E-state index contributed by atoms with van der Waals surface area (Å²) in [5.74, 6) is 0.517. The molecule has 2 amide bonds. The van der Waals surface area contributed by atoms with Gasteiger partial charge in [-0.05, 0) is 31.0 Å². The molecule has 0 saturated carbocycles. The van der Waals surface area contributed by atoms with Gasteiger partial charge in [-0.15, -0.1) is 0 Å². The lowest BCUT2D eigenvalue weighted by Gasteiger charge is -2.36. The van der Waals surface area contributed by atoms with Crippen LogP contribution in [-0.4, -0.2) is 90.3 Å². The summed E-state index contributed by atoms with van der Waals surface area (Å²) in [5, 5.41) is 11.7. The summed E-state index contributed by atoms with van der Waals surface area (Å²) in [5.41, 5.74) is 0.800. The average molecular weight is 432 g/mol. The largest absolute Gasteiger partial charge is 0.362 e. The molecule has 0 atom stereocenters. The average Bonchev–Trinajstić information content (AvgIpc) is 2.77. The Morgan fingerprint density at radius 1 is 1.00 bits per heavy atom. The monoisotopic (exact) mass is 431 g/mol. The van der Waals surface area contributed by atoms with Gasteiger partial charge in [-0.3, -0.25) is 24.6 Å². The second kappa shape index (κ2) is 10.1. The van der Waals surface area contributed by atoms with Gasteiger partial charge >= 0.3 is 0 Å². The van der Waals surface area contributed by atoms with Crippen LogP contribution in [0.4, 0.5) is 11.4 Å². The van der Waals surface area contributed by atoms with Crippen LogP contribution in [0.25, 0.3) is 0 Å². The Balaban J connectivity index is 1.66. The fourth-order valence-corrected chi connectivity index (χ4v) is 4.13. The first-order valence-electron chi connectivity index (χ1n) is 11.1. The van der Waals surface area contributed by atoms with E-state index in [1.807, 2.05) is 4.90 Å². The van der Waals surface area contributed by atoms with Crippen molar-refractivity contribution in [3.05, 3.63) is 33.9 Å². The molecule has 31 heavy (non-hydrogen) atoms. The third-order valence-corrected chi connectivity index (χ3v) is 6.17. The van der Waals surface area contributed by atoms with Crippen LogP contribution < -0.4 is 4.90 Å². The molecule has 1 aromatic carbocycles. The van der Waals surface area contributed by atoms with Crippen LogP contribution in [0, 0.1) is 16.0 Å². The number of benzene rings is 1. The third kappa shape index (κ3) is 5.72. The van der Waals surface area contributed by atoms with E-state index in [1.54, 1.807) is 21.9 Å². The van der Waals surface area contributed by atoms with E-state index in [-0.39, 0.29) is 17.5 Å². The van der Waals surface area contributed by atoms with E-state index < -0.39 is 4.92 Å². The number of carbonyl (C=O) groups is 2. The maximum absolute atomic E-state index is 13.0. The zero-order valence-corrected chi connectivity index (χ0v) is 18.7. The predicted octanol–water partition coefficient (Wildman–Crippen LogP) is 2.07. The molecule has 2 fully saturated rings. The molecular weight excluding hydrogens is 398 g/mol. The van der Waals surface area contributed by atoms with E-state index in [0.717, 1.165) is 26.1 Å². The highest BCUT2D eigenvalue weighted by molar-refractivity contribution is 5.96. The maximum Gasteiger partial charge on any atom is 0.293 e. The minimum Gasteiger partial charge on any atom is -0.362 e. The molecule has 0 bridgehead atoms. The van der Waals surface area contributed by atoms with Gasteiger partial charge in [-0.1, -0.05) is 13.8 Å². The van der Waals surface area contributed by atoms with Crippen LogP contribution in [0.2, 0.25) is 0 Å². The predicted molar refractivity (Wildman–Crippen MR) is 119 cm³/mol. The van der Waals surface area contributed by atoms with E-state index in [0.29, 0.717) is 56.4 Å². The quantitative estimate of drug-likeness (QED) is 0.506. The number of rotatable bonds is 6. The number of nitro groups is 1. The molecule has 0 unspecified atom stereocenters. The molecule has 2 aliphatic rings. The SMILES string of the molecule is CC(=O)N1CCN(c2ccc(C(=O)N3CCN(CCC(C)C)CC3)cc2[N+](=O)[O-])CC1. The Kier molecular flexibility index (Phi) is 7.48. The molecule has 0 aliphatic carbocycles. The maximum atomic E-state index is 13.0. The highest BCUT2D eigenvalue weighted by Crippen LogP contribution is 2.30. The number of anilines is 1. The molecule has 9 nitrogen and oxygen atoms in total. The van der Waals surface area contributed by atoms with Gasteiger partial charge < -0.3 is 14.7 Å². The minimum atomic E-state index is -0.423. The minimum absolute atomic E-state index is 0.0133. The van der Waals surface area contributed by atoms with E-state index >= 15 is 0 Å². The van der Waals surface area contributed by atoms with Crippen LogP contribution in [0.15, 0.2) is 18.2 Å². The summed E-state index contributed by atoms with van der Waals surface area (Å²) < 4.78 is 0. The van der Waals surface area contributed by atoms with E-state index in [4.69, 9.17) is 0 Å². The standard InChI is InChI=1S/C22H33N5O4/c1-17(2)6-7-23-8-10-26(11-9-23)22(29)19-4-5-20(21(16-19)27(30)31)25-14-12-24(13-15-25)18(3)28/h4-5,16-17H,6-15H2,1-3H3. The van der Waals surface area contributed by atoms with Crippen molar-refractivity contribution >= 4 is 23.2 Å². The zero-order chi connectivity index (χ0) is 22.5. The Morgan fingerprint density at radius 3 is 2.16 bits per heavy atom. The van der Waals surface area contributed by atoms with Gasteiger partial charge in [-0.2, -0.15) is 0 Å². The first-order valence-corrected chi connectivity index (χ1v) is 11.1. The molecule has 170 valence electrons. The van der Waals surface area contributed by atoms with Gasteiger partial charge in [0.15, 0.2) is 0 Å². The van der Waals surface area contributed by atoms with Crippen molar-refractivity contribution in [1.29, 1.82) is 0 Å². The van der Waals surface area contributed by atoms with Crippen molar-refractivity contribution in [3.8, 4) is 0 Å². The van der Waals surface area contributed by atoms with E-state index in [9.17, 15) is 19.7 Å². The summed E-state index contributed by atoms with van der Waals surface area (Å²) in [6.07, 6.45) is 1.14. The molecule has 3 rings (SSSR count). The van der Waals surface area contributed by atoms with Crippen molar-refractivity contribution in [2.24, 2.45) is 5.92 Å². The Bertz CT molecular complexity index is 812. The summed E-state index contributed by atoms with van der Waals surface area (Å²) >= 11 is 0. The molecule has 2 heterocycles. The molecule has 0 radical (unpaired) electrons. The molecule has 9 heteroatoms. The lowest BCUT2D eigenvalue weighted by molar-refractivity contribution is -0.384. The van der Waals surface area contributed by atoms with Crippen LogP contribution in [0.3, 0.4) is 0 Å². The van der Waals surface area contributed by atoms with Gasteiger partial charge in [0, 0.05) is 70.9 Å². The molecule has 0 aromatic heterocycles. The molecule has 2 aliphatic heterocycles. The summed E-state index contributed by atoms with van der Waals surface area (Å²) in [6, 6.07) is 4.76. The summed E-state index contributed by atoms with van der Waals surface area (Å²) in [6.45, 7) is 12.1. The van der Waals surface area contributed by atoms with Crippen LogP contribution in [-0.2, 0) is 4.79 Å². The van der Waals surface area contributed by atoms with Gasteiger partial charge in [0.25, 0.3) is 11.6 Å². The van der Waals surface area contributed by atoms with Crippen LogP contribution in [0.1, 0.15) is 37.6 Å². The summed E-state index contributed by atoms with van der Waals surface area (Å²) in [7, 11) is 0. The smallest absolute Gasteiger partial charge is 0.293 e. The Hall–Kier alpha value is -2.68. The third-order valence-electron chi connectivity index (χ3n) is 6.17. The number of piperazine rings is 2. The molecule has 0 N–H and O–H groups in total. The normalized spacial score (nSPS) is 17.9. The summed E-state index contributed by atoms with van der Waals surface area (Å²) in [4.78, 5) is 43.6. The van der Waals surface area contributed by atoms with Crippen molar-refractivity contribution in [1.82, 2.24) is 14.7 Å². The number of nitro benzene ring substituents is 1. The first kappa shape index (κ1) is 23.0. The van der Waals surface area contributed by atoms with Crippen molar-refractivity contribution in [2.75, 3.05) is 63.8 Å². The molecule has 2 saturated heterocycles. The fraction of sp³-hybridized carbons (Fsp3) is 0.636. The highest BCUT2D eigenvalue weighted by atomic mass is 16.6. The van der Waals surface area contributed by atoms with Crippen LogP contribution in [0.5, 0.6) is 0 Å². The second-order valence-corrected chi connectivity index (χ2v) is 8.77. The molecular formula is C22H33N5O4. The lowest BCUT2D eigenvalue weighted by atomic mass is 10.1. The topological polar surface area (TPSA) is 90.2 Å². The Morgan fingerprint density at radius 2 is 1.61 bits per heavy atom. The van der Waals surface area contributed by atoms with E-state index in [2.05, 4.69) is 18.7 Å². The second-order valence-electron chi connectivity index (χ2n) is 8.77. The van der Waals surface area contributed by atoms with Gasteiger partial charge in [0.2, 0.25) is 5.91 Å². The fourth-order valence-electron chi connectivity index (χ4n) is 4.13. The zero-order valence-electron chi connectivity index (χ0n) is 18.7. The van der Waals surface area contributed by atoms with Crippen molar-refractivity contribution < 1.29 is 14.5 Å². The molecule has 1 aromatic rings. The lowest BCUT2D eigenvalue weighted by Crippen LogP contribution is -2.49. The number of hydrogen-bond donors (Lipinski definition) is 0. The number of carbonyl (C=O) groups excluding carboxylic acids is 2. The van der Waals surface area contributed by atoms with Crippen molar-refractivity contribution in [2.45, 2.75) is 27.2 Å². The van der Waals surface area contributed by atoms with Gasteiger partial charge in [0.1, 0.15) is 5.69 Å². The van der Waals surface area contributed by atoms with Crippen molar-refractivity contribution in [3.63, 3.8) is 0 Å². The van der Waals surface area contributed by atoms with Crippen LogP contribution >= 0.6 is 0 Å². The number of amides is 2. The highest BCUT2D eigenvalue weighted by Gasteiger charge is 2.28. The van der Waals surface area contributed by atoms with E-state index in [1.165, 1.54) is 13.0 Å². The Labute approximate surface area is 183 Å². The first-order chi connectivity index (χ1) is 14.8. The number of hydrogen-bond acceptors (Lipinski definition) is 6. The molecule has 0 spiro atoms.